The van der Waals surface area contributed by atoms with Gasteiger partial charge in [0, 0.05) is 51.9 Å². The molecule has 0 aromatic rings. The third-order valence-electron chi connectivity index (χ3n) is 4.16. The van der Waals surface area contributed by atoms with Crippen molar-refractivity contribution in [1.29, 1.82) is 0 Å². The molecule has 2 rings (SSSR count). The Kier molecular flexibility index (Phi) is 6.86. The zero-order valence-corrected chi connectivity index (χ0v) is 15.1. The van der Waals surface area contributed by atoms with Crippen LogP contribution in [-0.4, -0.2) is 65.9 Å². The molecule has 2 aliphatic heterocycles. The van der Waals surface area contributed by atoms with E-state index in [0.717, 1.165) is 0 Å². The molecule has 0 amide bonds. The zero-order chi connectivity index (χ0) is 17.9. The van der Waals surface area contributed by atoms with Gasteiger partial charge >= 0.3 is 11.9 Å². The smallest absolute Gasteiger partial charge is 0.302 e. The number of hydrogen-bond acceptors (Lipinski definition) is 7. The lowest BCUT2D eigenvalue weighted by molar-refractivity contribution is -0.146. The molecule has 0 bridgehead atoms. The Bertz CT molecular complexity index is 462. The highest BCUT2D eigenvalue weighted by molar-refractivity contribution is 6.40. The van der Waals surface area contributed by atoms with Crippen LogP contribution in [0, 0.1) is 0 Å². The summed E-state index contributed by atoms with van der Waals surface area (Å²) in [6.45, 7) is 3.61. The van der Waals surface area contributed by atoms with E-state index in [-0.39, 0.29) is 42.0 Å². The fraction of sp³-hybridized carbons (Fsp3) is 0.800. The molecule has 0 saturated carbocycles. The molecule has 4 unspecified atom stereocenters. The van der Waals surface area contributed by atoms with E-state index >= 15 is 0 Å². The van der Waals surface area contributed by atoms with Gasteiger partial charge in [0.05, 0.1) is 0 Å². The van der Waals surface area contributed by atoms with Gasteiger partial charge in [-0.2, -0.15) is 0 Å². The van der Waals surface area contributed by atoms with Crippen LogP contribution < -0.4 is 10.6 Å². The number of carbonyl (C=O) groups is 3. The van der Waals surface area contributed by atoms with Crippen LogP contribution in [0.4, 0.5) is 0 Å². The zero-order valence-electron chi connectivity index (χ0n) is 13.6. The van der Waals surface area contributed by atoms with Crippen molar-refractivity contribution in [3.05, 3.63) is 0 Å². The number of ketones is 1. The minimum Gasteiger partial charge on any atom is -0.461 e. The summed E-state index contributed by atoms with van der Waals surface area (Å²) in [5.41, 5.74) is 0. The van der Waals surface area contributed by atoms with Crippen molar-refractivity contribution in [3.8, 4) is 0 Å². The summed E-state index contributed by atoms with van der Waals surface area (Å²) in [7, 11) is 0. The first-order chi connectivity index (χ1) is 11.3. The van der Waals surface area contributed by atoms with E-state index in [1.165, 1.54) is 13.8 Å². The number of halogens is 2. The van der Waals surface area contributed by atoms with Crippen molar-refractivity contribution < 1.29 is 23.9 Å². The summed E-state index contributed by atoms with van der Waals surface area (Å²) in [6, 6.07) is -0.592. The Morgan fingerprint density at radius 2 is 1.25 bits per heavy atom. The fourth-order valence-electron chi connectivity index (χ4n) is 3.11. The Morgan fingerprint density at radius 1 is 0.875 bits per heavy atom. The largest absolute Gasteiger partial charge is 0.461 e. The normalized spacial score (nSPS) is 32.2. The number of nitrogens with one attached hydrogen (secondary N) is 2. The summed E-state index contributed by atoms with van der Waals surface area (Å²) in [6.07, 6.45) is 0.371. The first-order valence-corrected chi connectivity index (χ1v) is 8.78. The molecule has 0 aromatic heterocycles. The molecule has 2 saturated heterocycles. The van der Waals surface area contributed by atoms with Crippen LogP contribution in [0.1, 0.15) is 26.7 Å². The second-order valence-electron chi connectivity index (χ2n) is 6.17. The van der Waals surface area contributed by atoms with Crippen molar-refractivity contribution >= 4 is 40.9 Å². The molecule has 2 aliphatic rings. The minimum atomic E-state index is -0.817. The lowest BCUT2D eigenvalue weighted by Crippen LogP contribution is -2.45. The average Bonchev–Trinajstić information content (AvgIpc) is 3.13. The van der Waals surface area contributed by atoms with Crippen molar-refractivity contribution in [1.82, 2.24) is 10.6 Å². The van der Waals surface area contributed by atoms with E-state index in [0.29, 0.717) is 25.9 Å². The maximum absolute atomic E-state index is 12.5. The first kappa shape index (κ1) is 19.4. The summed E-state index contributed by atoms with van der Waals surface area (Å²) in [5, 5.41) is 4.56. The summed E-state index contributed by atoms with van der Waals surface area (Å²) >= 11 is 12.6. The molecule has 0 spiro atoms. The lowest BCUT2D eigenvalue weighted by Gasteiger charge is -2.22. The molecular weight excluding hydrogens is 359 g/mol. The van der Waals surface area contributed by atoms with Gasteiger partial charge in [-0.15, -0.1) is 23.2 Å². The number of ether oxygens (including phenoxy) is 2. The minimum absolute atomic E-state index is 0.284. The third kappa shape index (κ3) is 5.05. The van der Waals surface area contributed by atoms with Crippen molar-refractivity contribution in [2.24, 2.45) is 0 Å². The number of rotatable bonds is 6. The van der Waals surface area contributed by atoms with Gasteiger partial charge < -0.3 is 20.1 Å². The number of Topliss-reactive ketones (excluding diaryl/α,β-unsaturated/α-hetero) is 1. The Labute approximate surface area is 150 Å². The molecule has 6 atom stereocenters. The first-order valence-electron chi connectivity index (χ1n) is 7.91. The quantitative estimate of drug-likeness (QED) is 0.507. The maximum Gasteiger partial charge on any atom is 0.302 e. The molecule has 0 aromatic carbocycles. The molecule has 136 valence electrons. The van der Waals surface area contributed by atoms with Crippen LogP contribution in [0.15, 0.2) is 0 Å². The van der Waals surface area contributed by atoms with E-state index in [1.54, 1.807) is 0 Å². The predicted molar refractivity (Wildman–Crippen MR) is 88.2 cm³/mol. The topological polar surface area (TPSA) is 93.7 Å². The third-order valence-corrected chi connectivity index (χ3v) is 5.20. The fourth-order valence-corrected chi connectivity index (χ4v) is 3.83. The van der Waals surface area contributed by atoms with Crippen LogP contribution >= 0.6 is 23.2 Å². The van der Waals surface area contributed by atoms with E-state index in [4.69, 9.17) is 32.7 Å². The molecule has 0 aliphatic carbocycles. The highest BCUT2D eigenvalue weighted by Crippen LogP contribution is 2.24. The van der Waals surface area contributed by atoms with E-state index in [1.807, 2.05) is 0 Å². The van der Waals surface area contributed by atoms with E-state index in [2.05, 4.69) is 10.6 Å². The Hall–Kier alpha value is -0.890. The average molecular weight is 381 g/mol. The SMILES string of the molecule is CC(=O)OC1CNC([C@@H](Cl)C(=O)[C@H](Cl)C2CC(OC(C)=O)CN2)C1. The highest BCUT2D eigenvalue weighted by atomic mass is 35.5. The number of esters is 2. The van der Waals surface area contributed by atoms with Crippen LogP contribution in [0.5, 0.6) is 0 Å². The summed E-state index contributed by atoms with van der Waals surface area (Å²) < 4.78 is 10.2. The number of carbonyl (C=O) groups excluding carboxylic acids is 3. The van der Waals surface area contributed by atoms with Crippen molar-refractivity contribution in [2.75, 3.05) is 13.1 Å². The molecule has 0 radical (unpaired) electrons. The van der Waals surface area contributed by atoms with Gasteiger partial charge in [0.1, 0.15) is 23.0 Å². The van der Waals surface area contributed by atoms with Crippen LogP contribution in [0.25, 0.3) is 0 Å². The Morgan fingerprint density at radius 3 is 1.58 bits per heavy atom. The molecule has 24 heavy (non-hydrogen) atoms. The van der Waals surface area contributed by atoms with Gasteiger partial charge in [0.2, 0.25) is 0 Å². The second kappa shape index (κ2) is 8.47. The van der Waals surface area contributed by atoms with Gasteiger partial charge in [-0.25, -0.2) is 0 Å². The molecule has 9 heteroatoms. The molecule has 2 N–H and O–H groups in total. The van der Waals surface area contributed by atoms with Crippen LogP contribution in [-0.2, 0) is 23.9 Å². The summed E-state index contributed by atoms with van der Waals surface area (Å²) in [4.78, 5) is 34.5. The predicted octanol–water partition coefficient (Wildman–Crippen LogP) is 0.357. The van der Waals surface area contributed by atoms with E-state index < -0.39 is 10.8 Å². The second-order valence-corrected chi connectivity index (χ2v) is 7.11. The van der Waals surface area contributed by atoms with Gasteiger partial charge in [-0.05, 0) is 0 Å². The number of alkyl halides is 2. The van der Waals surface area contributed by atoms with E-state index in [9.17, 15) is 14.4 Å². The molecule has 2 fully saturated rings. The van der Waals surface area contributed by atoms with Gasteiger partial charge in [0.15, 0.2) is 5.78 Å². The van der Waals surface area contributed by atoms with Crippen LogP contribution in [0.2, 0.25) is 0 Å². The van der Waals surface area contributed by atoms with Gasteiger partial charge in [0.25, 0.3) is 0 Å². The number of hydrogen-bond donors (Lipinski definition) is 2. The molecule has 2 heterocycles. The van der Waals surface area contributed by atoms with Crippen molar-refractivity contribution in [2.45, 2.75) is 61.7 Å². The van der Waals surface area contributed by atoms with Gasteiger partial charge in [-0.1, -0.05) is 0 Å². The summed E-state index contributed by atoms with van der Waals surface area (Å²) in [5.74, 6) is -1.01. The van der Waals surface area contributed by atoms with Crippen LogP contribution in [0.3, 0.4) is 0 Å². The maximum atomic E-state index is 12.5. The molecular formula is C15H22Cl2N2O5. The lowest BCUT2D eigenvalue weighted by atomic mass is 10.00. The standard InChI is InChI=1S/C15H22Cl2N2O5/c1-7(20)23-9-3-11(18-5-9)13(16)15(22)14(17)12-4-10(6-19-12)24-8(2)21/h9-14,18-19H,3-6H2,1-2H3/t9?,10?,11?,12?,13-,14-/m1/s1. The highest BCUT2D eigenvalue weighted by Gasteiger charge is 2.41. The Balaban J connectivity index is 1.84. The van der Waals surface area contributed by atoms with Crippen molar-refractivity contribution in [3.63, 3.8) is 0 Å². The monoisotopic (exact) mass is 380 g/mol. The van der Waals surface area contributed by atoms with Gasteiger partial charge in [-0.3, -0.25) is 14.4 Å². The molecule has 7 nitrogen and oxygen atoms in total.